The minimum atomic E-state index is -0.129. The van der Waals surface area contributed by atoms with E-state index in [0.29, 0.717) is 6.54 Å². The highest BCUT2D eigenvalue weighted by Gasteiger charge is 2.15. The van der Waals surface area contributed by atoms with Crippen LogP contribution in [0.4, 0.5) is 5.82 Å². The molecular formula is C23H22Cl2N4S. The Morgan fingerprint density at radius 2 is 1.80 bits per heavy atom. The standard InChI is InChI=1S/C23H22Cl2N4S/c1-30-23-27-21(26-13-11-16-7-9-18(24)10-8-16)19-12-14-29(22(19)28-23)15-20(25)17-5-3-2-4-6-17/h2-10,12,14,20H,11,13,15H2,1H3,(H,26,27,28). The van der Waals surface area contributed by atoms with Crippen LogP contribution in [0.15, 0.2) is 72.0 Å². The molecule has 2 heterocycles. The molecule has 2 aromatic carbocycles. The predicted molar refractivity (Wildman–Crippen MR) is 128 cm³/mol. The first-order chi connectivity index (χ1) is 14.6. The summed E-state index contributed by atoms with van der Waals surface area (Å²) in [6.45, 7) is 1.42. The molecule has 0 spiro atoms. The molecule has 0 amide bonds. The molecule has 30 heavy (non-hydrogen) atoms. The Bertz CT molecular complexity index is 1110. The highest BCUT2D eigenvalue weighted by atomic mass is 35.5. The van der Waals surface area contributed by atoms with E-state index < -0.39 is 0 Å². The summed E-state index contributed by atoms with van der Waals surface area (Å²) in [5.74, 6) is 0.850. The minimum Gasteiger partial charge on any atom is -0.369 e. The number of anilines is 1. The lowest BCUT2D eigenvalue weighted by Gasteiger charge is -2.13. The number of hydrogen-bond acceptors (Lipinski definition) is 4. The van der Waals surface area contributed by atoms with Crippen LogP contribution in [-0.4, -0.2) is 27.3 Å². The van der Waals surface area contributed by atoms with Gasteiger partial charge in [0.05, 0.1) is 10.8 Å². The normalized spacial score (nSPS) is 12.2. The van der Waals surface area contributed by atoms with Gasteiger partial charge in [0, 0.05) is 24.3 Å². The smallest absolute Gasteiger partial charge is 0.191 e. The fourth-order valence-electron chi connectivity index (χ4n) is 3.33. The highest BCUT2D eigenvalue weighted by molar-refractivity contribution is 7.98. The van der Waals surface area contributed by atoms with Crippen molar-refractivity contribution in [3.63, 3.8) is 0 Å². The van der Waals surface area contributed by atoms with Gasteiger partial charge in [-0.15, -0.1) is 11.6 Å². The second-order valence-electron chi connectivity index (χ2n) is 6.95. The Morgan fingerprint density at radius 1 is 1.03 bits per heavy atom. The van der Waals surface area contributed by atoms with Gasteiger partial charge in [-0.25, -0.2) is 9.97 Å². The van der Waals surface area contributed by atoms with Gasteiger partial charge in [-0.2, -0.15) is 0 Å². The van der Waals surface area contributed by atoms with Crippen LogP contribution in [0.1, 0.15) is 16.5 Å². The summed E-state index contributed by atoms with van der Waals surface area (Å²) in [6, 6.07) is 20.1. The van der Waals surface area contributed by atoms with Gasteiger partial charge >= 0.3 is 0 Å². The SMILES string of the molecule is CSc1nc(NCCc2ccc(Cl)cc2)c2ccn(CC(Cl)c3ccccc3)c2n1. The second-order valence-corrected chi connectivity index (χ2v) is 8.68. The lowest BCUT2D eigenvalue weighted by Crippen LogP contribution is -2.09. The molecular weight excluding hydrogens is 435 g/mol. The lowest BCUT2D eigenvalue weighted by atomic mass is 10.1. The summed E-state index contributed by atoms with van der Waals surface area (Å²) in [4.78, 5) is 9.43. The van der Waals surface area contributed by atoms with Crippen molar-refractivity contribution in [3.05, 3.63) is 83.0 Å². The molecule has 0 bridgehead atoms. The van der Waals surface area contributed by atoms with Crippen molar-refractivity contribution < 1.29 is 0 Å². The third-order valence-corrected chi connectivity index (χ3v) is 6.11. The van der Waals surface area contributed by atoms with Gasteiger partial charge < -0.3 is 9.88 Å². The summed E-state index contributed by atoms with van der Waals surface area (Å²) in [5, 5.41) is 5.84. The quantitative estimate of drug-likeness (QED) is 0.188. The monoisotopic (exact) mass is 456 g/mol. The first-order valence-corrected chi connectivity index (χ1v) is 11.8. The summed E-state index contributed by atoms with van der Waals surface area (Å²) in [7, 11) is 0. The maximum absolute atomic E-state index is 6.68. The molecule has 0 aliphatic heterocycles. The van der Waals surface area contributed by atoms with Gasteiger partial charge in [-0.3, -0.25) is 0 Å². The fourth-order valence-corrected chi connectivity index (χ4v) is 4.12. The zero-order valence-corrected chi connectivity index (χ0v) is 18.9. The Kier molecular flexibility index (Phi) is 6.82. The molecule has 154 valence electrons. The number of nitrogens with one attached hydrogen (secondary N) is 1. The van der Waals surface area contributed by atoms with E-state index in [4.69, 9.17) is 28.2 Å². The second kappa shape index (κ2) is 9.73. The average Bonchev–Trinajstić information content (AvgIpc) is 3.18. The molecule has 1 unspecified atom stereocenters. The molecule has 4 rings (SSSR count). The van der Waals surface area contributed by atoms with E-state index in [1.54, 1.807) is 0 Å². The van der Waals surface area contributed by atoms with Gasteiger partial charge in [-0.05, 0) is 42.0 Å². The average molecular weight is 457 g/mol. The zero-order valence-electron chi connectivity index (χ0n) is 16.6. The van der Waals surface area contributed by atoms with Crippen LogP contribution < -0.4 is 5.32 Å². The van der Waals surface area contributed by atoms with Crippen LogP contribution in [-0.2, 0) is 13.0 Å². The number of benzene rings is 2. The number of hydrogen-bond donors (Lipinski definition) is 1. The van der Waals surface area contributed by atoms with Crippen molar-refractivity contribution in [2.45, 2.75) is 23.5 Å². The van der Waals surface area contributed by atoms with Crippen LogP contribution in [0.5, 0.6) is 0 Å². The van der Waals surface area contributed by atoms with Gasteiger partial charge in [0.2, 0.25) is 0 Å². The van der Waals surface area contributed by atoms with Crippen molar-refractivity contribution in [2.75, 3.05) is 18.1 Å². The molecule has 0 aliphatic carbocycles. The first kappa shape index (κ1) is 21.0. The van der Waals surface area contributed by atoms with Crippen molar-refractivity contribution in [2.24, 2.45) is 0 Å². The van der Waals surface area contributed by atoms with E-state index in [-0.39, 0.29) is 5.38 Å². The third-order valence-electron chi connectivity index (χ3n) is 4.92. The largest absolute Gasteiger partial charge is 0.369 e. The van der Waals surface area contributed by atoms with Crippen molar-refractivity contribution in [1.29, 1.82) is 0 Å². The van der Waals surface area contributed by atoms with E-state index in [1.807, 2.05) is 54.9 Å². The van der Waals surface area contributed by atoms with Gasteiger partial charge in [0.15, 0.2) is 5.16 Å². The van der Waals surface area contributed by atoms with Crippen LogP contribution in [0.3, 0.4) is 0 Å². The van der Waals surface area contributed by atoms with Crippen LogP contribution >= 0.6 is 35.0 Å². The molecule has 4 aromatic rings. The number of rotatable bonds is 8. The number of fused-ring (bicyclic) bond motifs is 1. The van der Waals surface area contributed by atoms with Gasteiger partial charge in [0.25, 0.3) is 0 Å². The predicted octanol–water partition coefficient (Wildman–Crippen LogP) is 6.44. The van der Waals surface area contributed by atoms with Crippen LogP contribution in [0.2, 0.25) is 5.02 Å². The van der Waals surface area contributed by atoms with E-state index >= 15 is 0 Å². The van der Waals surface area contributed by atoms with Crippen molar-refractivity contribution in [1.82, 2.24) is 14.5 Å². The van der Waals surface area contributed by atoms with E-state index in [9.17, 15) is 0 Å². The summed E-state index contributed by atoms with van der Waals surface area (Å²) < 4.78 is 2.10. The topological polar surface area (TPSA) is 42.7 Å². The number of halogens is 2. The summed E-state index contributed by atoms with van der Waals surface area (Å²) in [6.07, 6.45) is 4.90. The number of alkyl halides is 1. The molecule has 4 nitrogen and oxygen atoms in total. The van der Waals surface area contributed by atoms with E-state index in [0.717, 1.165) is 45.6 Å². The van der Waals surface area contributed by atoms with E-state index in [2.05, 4.69) is 33.1 Å². The van der Waals surface area contributed by atoms with Crippen LogP contribution in [0.25, 0.3) is 11.0 Å². The highest BCUT2D eigenvalue weighted by Crippen LogP contribution is 2.28. The molecule has 1 N–H and O–H groups in total. The number of nitrogens with zero attached hydrogens (tertiary/aromatic N) is 3. The maximum atomic E-state index is 6.68. The van der Waals surface area contributed by atoms with Gasteiger partial charge in [0.1, 0.15) is 11.5 Å². The molecule has 0 saturated heterocycles. The van der Waals surface area contributed by atoms with Crippen molar-refractivity contribution >= 4 is 51.8 Å². The zero-order chi connectivity index (χ0) is 20.9. The molecule has 0 radical (unpaired) electrons. The molecule has 0 saturated carbocycles. The molecule has 0 fully saturated rings. The molecule has 2 aromatic heterocycles. The first-order valence-electron chi connectivity index (χ1n) is 9.72. The third kappa shape index (κ3) is 4.91. The number of aromatic nitrogens is 3. The summed E-state index contributed by atoms with van der Waals surface area (Å²) >= 11 is 14.2. The van der Waals surface area contributed by atoms with Crippen molar-refractivity contribution in [3.8, 4) is 0 Å². The Hall–Kier alpha value is -2.21. The molecule has 0 aliphatic rings. The fraction of sp³-hybridized carbons (Fsp3) is 0.217. The number of thioether (sulfide) groups is 1. The molecule has 7 heteroatoms. The Balaban J connectivity index is 1.54. The maximum Gasteiger partial charge on any atom is 0.191 e. The van der Waals surface area contributed by atoms with Gasteiger partial charge in [-0.1, -0.05) is 65.8 Å². The molecule has 1 atom stereocenters. The Labute approximate surface area is 190 Å². The Morgan fingerprint density at radius 3 is 2.53 bits per heavy atom. The lowest BCUT2D eigenvalue weighted by molar-refractivity contribution is 0.692. The minimum absolute atomic E-state index is 0.129. The summed E-state index contributed by atoms with van der Waals surface area (Å²) in [5.41, 5.74) is 3.22. The van der Waals surface area contributed by atoms with Crippen LogP contribution in [0, 0.1) is 0 Å². The van der Waals surface area contributed by atoms with E-state index in [1.165, 1.54) is 17.3 Å².